The molecule has 0 aliphatic heterocycles. The van der Waals surface area contributed by atoms with Crippen molar-refractivity contribution in [2.45, 2.75) is 12.5 Å². The molecule has 0 spiro atoms. The summed E-state index contributed by atoms with van der Waals surface area (Å²) in [5.74, 6) is 0. The maximum Gasteiger partial charge on any atom is 0.256 e. The molecular formula is C5H9ClO4S. The first-order valence-corrected chi connectivity index (χ1v) is 5.10. The lowest BCUT2D eigenvalue weighted by Gasteiger charge is -2.05. The summed E-state index contributed by atoms with van der Waals surface area (Å²) < 4.78 is 20.9. The number of hydrogen-bond donors (Lipinski definition) is 2. The first-order chi connectivity index (χ1) is 4.88. The molecular weight excluding hydrogens is 192 g/mol. The molecule has 0 aromatic heterocycles. The van der Waals surface area contributed by atoms with Crippen molar-refractivity contribution < 1.29 is 18.6 Å². The van der Waals surface area contributed by atoms with Gasteiger partial charge in [0.1, 0.15) is 0 Å². The molecule has 0 heterocycles. The molecule has 0 aliphatic carbocycles. The Hall–Kier alpha value is -0.100. The van der Waals surface area contributed by atoms with Crippen LogP contribution >= 0.6 is 10.7 Å². The Morgan fingerprint density at radius 1 is 1.64 bits per heavy atom. The maximum absolute atomic E-state index is 10.5. The third-order valence-electron chi connectivity index (χ3n) is 1.02. The Bertz CT molecular complexity index is 233. The molecule has 0 radical (unpaired) electrons. The van der Waals surface area contributed by atoms with E-state index in [1.54, 1.807) is 0 Å². The van der Waals surface area contributed by atoms with E-state index in [2.05, 4.69) is 6.58 Å². The van der Waals surface area contributed by atoms with E-state index in [0.29, 0.717) is 0 Å². The lowest BCUT2D eigenvalue weighted by atomic mass is 10.3. The summed E-state index contributed by atoms with van der Waals surface area (Å²) in [4.78, 5) is -0.291. The van der Waals surface area contributed by atoms with Gasteiger partial charge in [0.05, 0.1) is 17.6 Å². The zero-order valence-electron chi connectivity index (χ0n) is 5.70. The minimum Gasteiger partial charge on any atom is -0.394 e. The minimum atomic E-state index is -3.80. The van der Waals surface area contributed by atoms with Crippen molar-refractivity contribution in [3.8, 4) is 0 Å². The zero-order valence-corrected chi connectivity index (χ0v) is 7.27. The molecule has 4 nitrogen and oxygen atoms in total. The molecule has 0 fully saturated rings. The Morgan fingerprint density at radius 3 is 2.36 bits per heavy atom. The van der Waals surface area contributed by atoms with Crippen molar-refractivity contribution in [1.82, 2.24) is 0 Å². The molecule has 0 bridgehead atoms. The third-order valence-corrected chi connectivity index (χ3v) is 2.53. The van der Waals surface area contributed by atoms with E-state index in [0.717, 1.165) is 0 Å². The van der Waals surface area contributed by atoms with Crippen molar-refractivity contribution in [2.24, 2.45) is 0 Å². The Kier molecular flexibility index (Phi) is 4.02. The molecule has 0 amide bonds. The normalized spacial score (nSPS) is 14.5. The quantitative estimate of drug-likeness (QED) is 0.617. The fourth-order valence-corrected chi connectivity index (χ4v) is 1.01. The van der Waals surface area contributed by atoms with Gasteiger partial charge in [-0.1, -0.05) is 6.58 Å². The zero-order chi connectivity index (χ0) is 9.07. The number of hydrogen-bond acceptors (Lipinski definition) is 4. The van der Waals surface area contributed by atoms with Crippen molar-refractivity contribution >= 4 is 19.7 Å². The average Bonchev–Trinajstić information content (AvgIpc) is 1.85. The molecule has 1 atom stereocenters. The minimum absolute atomic E-state index is 0.234. The van der Waals surface area contributed by atoms with E-state index in [1.807, 2.05) is 0 Å². The second-order valence-electron chi connectivity index (χ2n) is 2.02. The van der Waals surface area contributed by atoms with Crippen LogP contribution in [0, 0.1) is 0 Å². The van der Waals surface area contributed by atoms with E-state index in [-0.39, 0.29) is 11.3 Å². The summed E-state index contributed by atoms with van der Waals surface area (Å²) in [5, 5.41) is 17.1. The first kappa shape index (κ1) is 10.9. The van der Waals surface area contributed by atoms with Crippen LogP contribution in [0.15, 0.2) is 11.5 Å². The lowest BCUT2D eigenvalue weighted by molar-refractivity contribution is 0.0968. The molecule has 0 saturated heterocycles. The van der Waals surface area contributed by atoms with Gasteiger partial charge in [0.25, 0.3) is 9.05 Å². The van der Waals surface area contributed by atoms with Crippen LogP contribution in [0.3, 0.4) is 0 Å². The van der Waals surface area contributed by atoms with Gasteiger partial charge >= 0.3 is 0 Å². The second-order valence-corrected chi connectivity index (χ2v) is 4.69. The topological polar surface area (TPSA) is 74.6 Å². The maximum atomic E-state index is 10.5. The van der Waals surface area contributed by atoms with Gasteiger partial charge in [0.2, 0.25) is 0 Å². The average molecular weight is 201 g/mol. The molecule has 0 saturated carbocycles. The summed E-state index contributed by atoms with van der Waals surface area (Å²) in [6.45, 7) is 2.61. The van der Waals surface area contributed by atoms with E-state index >= 15 is 0 Å². The molecule has 0 aromatic rings. The largest absolute Gasteiger partial charge is 0.394 e. The van der Waals surface area contributed by atoms with Crippen LogP contribution in [-0.4, -0.2) is 31.3 Å². The smallest absolute Gasteiger partial charge is 0.256 e. The fraction of sp³-hybridized carbons (Fsp3) is 0.600. The molecule has 0 unspecified atom stereocenters. The second kappa shape index (κ2) is 4.06. The van der Waals surface area contributed by atoms with E-state index in [9.17, 15) is 8.42 Å². The Labute approximate surface area is 69.5 Å². The predicted octanol–water partition coefficient (Wildman–Crippen LogP) is -0.188. The number of halogens is 1. The first-order valence-electron chi connectivity index (χ1n) is 2.79. The highest BCUT2D eigenvalue weighted by Gasteiger charge is 2.14. The Balaban J connectivity index is 4.11. The van der Waals surface area contributed by atoms with Gasteiger partial charge in [-0.3, -0.25) is 0 Å². The van der Waals surface area contributed by atoms with Crippen LogP contribution in [0.2, 0.25) is 0 Å². The van der Waals surface area contributed by atoms with Gasteiger partial charge in [-0.25, -0.2) is 8.42 Å². The van der Waals surface area contributed by atoms with Crippen molar-refractivity contribution in [3.05, 3.63) is 11.5 Å². The van der Waals surface area contributed by atoms with Crippen molar-refractivity contribution in [2.75, 3.05) is 6.61 Å². The SMILES string of the molecule is C=C(C[C@@H](O)CO)S(=O)(=O)Cl. The summed E-state index contributed by atoms with van der Waals surface area (Å²) in [7, 11) is 1.06. The third kappa shape index (κ3) is 4.36. The highest BCUT2D eigenvalue weighted by Crippen LogP contribution is 2.14. The van der Waals surface area contributed by atoms with E-state index in [1.165, 1.54) is 0 Å². The lowest BCUT2D eigenvalue weighted by Crippen LogP contribution is -2.14. The summed E-state index contributed by atoms with van der Waals surface area (Å²) in [6, 6.07) is 0. The molecule has 0 rings (SSSR count). The van der Waals surface area contributed by atoms with Crippen LogP contribution in [-0.2, 0) is 9.05 Å². The Morgan fingerprint density at radius 2 is 2.09 bits per heavy atom. The van der Waals surface area contributed by atoms with E-state index in [4.69, 9.17) is 20.9 Å². The molecule has 11 heavy (non-hydrogen) atoms. The van der Waals surface area contributed by atoms with Gasteiger partial charge in [0, 0.05) is 17.1 Å². The molecule has 6 heteroatoms. The number of aliphatic hydroxyl groups is 2. The molecule has 0 aliphatic rings. The van der Waals surface area contributed by atoms with Gasteiger partial charge in [-0.05, 0) is 0 Å². The van der Waals surface area contributed by atoms with Crippen LogP contribution in [0.25, 0.3) is 0 Å². The fourth-order valence-electron chi connectivity index (χ4n) is 0.427. The summed E-state index contributed by atoms with van der Waals surface area (Å²) in [5.41, 5.74) is 0. The molecule has 66 valence electrons. The number of aliphatic hydroxyl groups excluding tert-OH is 2. The molecule has 0 aromatic carbocycles. The number of rotatable bonds is 4. The standard InChI is InChI=1S/C5H9ClO4S/c1-4(11(6,9)10)2-5(8)3-7/h5,7-8H,1-3H2/t5-/m1/s1. The molecule has 2 N–H and O–H groups in total. The van der Waals surface area contributed by atoms with Crippen LogP contribution in [0.1, 0.15) is 6.42 Å². The van der Waals surface area contributed by atoms with Gasteiger partial charge in [0.15, 0.2) is 0 Å². The predicted molar refractivity (Wildman–Crippen MR) is 41.6 cm³/mol. The van der Waals surface area contributed by atoms with E-state index < -0.39 is 21.8 Å². The van der Waals surface area contributed by atoms with Crippen LogP contribution in [0.4, 0.5) is 0 Å². The highest BCUT2D eigenvalue weighted by atomic mass is 35.7. The highest BCUT2D eigenvalue weighted by molar-refractivity contribution is 8.16. The van der Waals surface area contributed by atoms with Crippen molar-refractivity contribution in [3.63, 3.8) is 0 Å². The van der Waals surface area contributed by atoms with Crippen molar-refractivity contribution in [1.29, 1.82) is 0 Å². The van der Waals surface area contributed by atoms with Crippen LogP contribution < -0.4 is 0 Å². The summed E-state index contributed by atoms with van der Waals surface area (Å²) in [6.07, 6.45) is -1.35. The van der Waals surface area contributed by atoms with Gasteiger partial charge in [-0.2, -0.15) is 0 Å². The van der Waals surface area contributed by atoms with Gasteiger partial charge in [-0.15, -0.1) is 0 Å². The monoisotopic (exact) mass is 200 g/mol. The van der Waals surface area contributed by atoms with Crippen LogP contribution in [0.5, 0.6) is 0 Å². The van der Waals surface area contributed by atoms with Gasteiger partial charge < -0.3 is 10.2 Å². The summed E-state index contributed by atoms with van der Waals surface area (Å²) >= 11 is 0.